The predicted molar refractivity (Wildman–Crippen MR) is 153 cm³/mol. The van der Waals surface area contributed by atoms with Gasteiger partial charge < -0.3 is 15.0 Å². The Morgan fingerprint density at radius 3 is 2.61 bits per heavy atom. The molecule has 2 aliphatic rings. The smallest absolute Gasteiger partial charge is 0.338 e. The van der Waals surface area contributed by atoms with Crippen LogP contribution in [0, 0.1) is 5.92 Å². The highest BCUT2D eigenvalue weighted by Gasteiger charge is 2.45. The average Bonchev–Trinajstić information content (AvgIpc) is 2.96. The number of amides is 1. The van der Waals surface area contributed by atoms with Crippen molar-refractivity contribution < 1.29 is 19.1 Å². The summed E-state index contributed by atoms with van der Waals surface area (Å²) in [5, 5.41) is 2.05. The van der Waals surface area contributed by atoms with Crippen molar-refractivity contribution in [2.75, 3.05) is 6.61 Å². The van der Waals surface area contributed by atoms with E-state index < -0.39 is 17.8 Å². The van der Waals surface area contributed by atoms with E-state index in [-0.39, 0.29) is 59.4 Å². The number of pyridine rings is 2. The minimum atomic E-state index is -1.09. The molecule has 3 N–H and O–H groups in total. The van der Waals surface area contributed by atoms with Crippen molar-refractivity contribution in [1.29, 1.82) is 0 Å². The van der Waals surface area contributed by atoms with Crippen molar-refractivity contribution >= 4 is 28.6 Å². The van der Waals surface area contributed by atoms with Crippen molar-refractivity contribution in [1.82, 2.24) is 20.0 Å². The quantitative estimate of drug-likeness (QED) is 0.336. The summed E-state index contributed by atoms with van der Waals surface area (Å²) in [6, 6.07) is 12.1. The number of carbonyl (C=O) groups is 3. The number of nitrogens with one attached hydrogen (secondary N) is 1. The summed E-state index contributed by atoms with van der Waals surface area (Å²) in [7, 11) is 0. The number of nitrogens with two attached hydrogens (primary N) is 1. The fourth-order valence-corrected chi connectivity index (χ4v) is 5.60. The van der Waals surface area contributed by atoms with Crippen molar-refractivity contribution in [3.05, 3.63) is 112 Å². The van der Waals surface area contributed by atoms with Crippen LogP contribution in [0.2, 0.25) is 0 Å². The first-order valence-corrected chi connectivity index (χ1v) is 13.4. The summed E-state index contributed by atoms with van der Waals surface area (Å²) < 4.78 is 6.96. The molecule has 10 nitrogen and oxygen atoms in total. The van der Waals surface area contributed by atoms with Gasteiger partial charge in [-0.25, -0.2) is 9.80 Å². The monoisotopic (exact) mass is 553 g/mol. The van der Waals surface area contributed by atoms with Crippen LogP contribution in [-0.4, -0.2) is 38.8 Å². The summed E-state index contributed by atoms with van der Waals surface area (Å²) in [4.78, 5) is 58.6. The third kappa shape index (κ3) is 4.93. The van der Waals surface area contributed by atoms with Gasteiger partial charge >= 0.3 is 5.97 Å². The summed E-state index contributed by atoms with van der Waals surface area (Å²) in [5.74, 6) is -2.78. The molecule has 2 atom stereocenters. The first kappa shape index (κ1) is 27.6. The van der Waals surface area contributed by atoms with E-state index in [1.54, 1.807) is 23.6 Å². The van der Waals surface area contributed by atoms with Crippen LogP contribution in [0.4, 0.5) is 0 Å². The fourth-order valence-electron chi connectivity index (χ4n) is 5.60. The third-order valence-electron chi connectivity index (χ3n) is 7.36. The molecule has 3 aromatic rings. The second kappa shape index (κ2) is 11.2. The lowest BCUT2D eigenvalue weighted by Gasteiger charge is -2.41. The molecule has 0 saturated heterocycles. The number of hydrogen-bond donors (Lipinski definition) is 2. The minimum absolute atomic E-state index is 0.0427. The molecule has 3 heterocycles. The average molecular weight is 554 g/mol. The molecule has 210 valence electrons. The van der Waals surface area contributed by atoms with Crippen LogP contribution in [-0.2, 0) is 20.9 Å². The Morgan fingerprint density at radius 1 is 1.17 bits per heavy atom. The zero-order chi connectivity index (χ0) is 29.3. The molecule has 1 aliphatic carbocycles. The van der Waals surface area contributed by atoms with Gasteiger partial charge in [0, 0.05) is 42.1 Å². The number of benzene rings is 1. The molecular formula is C31H31N5O5. The van der Waals surface area contributed by atoms with Gasteiger partial charge in [-0.3, -0.25) is 24.8 Å². The lowest BCUT2D eigenvalue weighted by atomic mass is 9.73. The molecule has 2 unspecified atom stereocenters. The third-order valence-corrected chi connectivity index (χ3v) is 7.36. The van der Waals surface area contributed by atoms with Crippen molar-refractivity contribution in [2.45, 2.75) is 39.2 Å². The van der Waals surface area contributed by atoms with Crippen molar-refractivity contribution in [3.8, 4) is 0 Å². The van der Waals surface area contributed by atoms with Gasteiger partial charge in [-0.1, -0.05) is 31.2 Å². The van der Waals surface area contributed by atoms with E-state index in [1.807, 2.05) is 31.2 Å². The second-order valence-electron chi connectivity index (χ2n) is 10.1. The minimum Gasteiger partial charge on any atom is -0.463 e. The van der Waals surface area contributed by atoms with E-state index in [9.17, 15) is 19.2 Å². The molecule has 0 spiro atoms. The number of aromatic nitrogens is 2. The molecule has 1 aliphatic heterocycles. The number of allylic oxidation sites excluding steroid dienone is 3. The van der Waals surface area contributed by atoms with Crippen molar-refractivity contribution in [2.24, 2.45) is 11.7 Å². The number of esters is 1. The number of hydrogen-bond acceptors (Lipinski definition) is 8. The van der Waals surface area contributed by atoms with Crippen LogP contribution in [0.25, 0.3) is 10.9 Å². The number of para-hydroxylation sites is 1. The molecule has 0 bridgehead atoms. The number of Topliss-reactive ketones (excluding diaryl/α,β-unsaturated/α-hetero) is 1. The van der Waals surface area contributed by atoms with Gasteiger partial charge in [-0.15, -0.1) is 6.58 Å². The molecule has 0 radical (unpaired) electrons. The fraction of sp³-hybridized carbons (Fsp3) is 0.258. The van der Waals surface area contributed by atoms with Gasteiger partial charge in [-0.2, -0.15) is 0 Å². The van der Waals surface area contributed by atoms with E-state index >= 15 is 0 Å². The lowest BCUT2D eigenvalue weighted by Crippen LogP contribution is -2.50. The van der Waals surface area contributed by atoms with E-state index in [4.69, 9.17) is 10.5 Å². The van der Waals surface area contributed by atoms with E-state index in [2.05, 4.69) is 17.0 Å². The maximum Gasteiger partial charge on any atom is 0.338 e. The van der Waals surface area contributed by atoms with Crippen molar-refractivity contribution in [3.63, 3.8) is 0 Å². The number of nitrogens with zero attached hydrogens (tertiary/aromatic N) is 3. The zero-order valence-corrected chi connectivity index (χ0v) is 22.9. The molecule has 0 saturated carbocycles. The highest BCUT2D eigenvalue weighted by Crippen LogP contribution is 2.45. The first-order chi connectivity index (χ1) is 19.8. The molecule has 2 aromatic heterocycles. The Labute approximate surface area is 236 Å². The number of ketones is 1. The maximum atomic E-state index is 14.1. The molecule has 1 amide bonds. The maximum absolute atomic E-state index is 14.1. The molecule has 10 heteroatoms. The molecule has 0 fully saturated rings. The SMILES string of the molecule is C=CCn1c(=O)c(C2C(C(=O)OCC)=C(N)N(NC(=O)c3ccncc3)C3=C2C(=O)CC(C)C3)cc2ccccc21. The molecular weight excluding hydrogens is 522 g/mol. The van der Waals surface area contributed by atoms with Crippen LogP contribution in [0.5, 0.6) is 0 Å². The van der Waals surface area contributed by atoms with E-state index in [1.165, 1.54) is 29.5 Å². The van der Waals surface area contributed by atoms with Crippen LogP contribution >= 0.6 is 0 Å². The largest absolute Gasteiger partial charge is 0.463 e. The van der Waals surface area contributed by atoms with Crippen LogP contribution < -0.4 is 16.7 Å². The Morgan fingerprint density at radius 2 is 1.90 bits per heavy atom. The number of ether oxygens (including phenoxy) is 1. The van der Waals surface area contributed by atoms with Gasteiger partial charge in [0.25, 0.3) is 11.5 Å². The topological polar surface area (TPSA) is 137 Å². The van der Waals surface area contributed by atoms with Gasteiger partial charge in [0.15, 0.2) is 5.78 Å². The molecule has 41 heavy (non-hydrogen) atoms. The molecule has 5 rings (SSSR count). The van der Waals surface area contributed by atoms with Gasteiger partial charge in [0.05, 0.1) is 29.3 Å². The van der Waals surface area contributed by atoms with Gasteiger partial charge in [-0.05, 0) is 48.9 Å². The number of fused-ring (bicyclic) bond motifs is 1. The number of hydrazine groups is 1. The Bertz CT molecular complexity index is 1690. The molecule has 1 aromatic carbocycles. The number of carbonyl (C=O) groups excluding carboxylic acids is 3. The highest BCUT2D eigenvalue weighted by atomic mass is 16.5. The lowest BCUT2D eigenvalue weighted by molar-refractivity contribution is -0.139. The van der Waals surface area contributed by atoms with Crippen LogP contribution in [0.15, 0.2) is 95.0 Å². The Kier molecular flexibility index (Phi) is 7.56. The van der Waals surface area contributed by atoms with Gasteiger partial charge in [0.2, 0.25) is 0 Å². The normalized spacial score (nSPS) is 18.8. The standard InChI is InChI=1S/C31H31N5O5/c1-4-14-35-22-9-7-6-8-20(22)17-21(30(35)39)25-26-23(15-18(3)16-24(26)37)36(28(32)27(25)31(40)41-5-2)34-29(38)19-10-12-33-13-11-19/h4,6-13,17-18,25H,1,5,14-16,32H2,2-3H3,(H,34,38). The summed E-state index contributed by atoms with van der Waals surface area (Å²) in [6.45, 7) is 7.64. The summed E-state index contributed by atoms with van der Waals surface area (Å²) >= 11 is 0. The summed E-state index contributed by atoms with van der Waals surface area (Å²) in [6.07, 6.45) is 5.18. The number of rotatable bonds is 7. The van der Waals surface area contributed by atoms with E-state index in [0.29, 0.717) is 23.2 Å². The van der Waals surface area contributed by atoms with E-state index in [0.717, 1.165) is 5.39 Å². The van der Waals surface area contributed by atoms with Gasteiger partial charge in [0.1, 0.15) is 5.82 Å². The highest BCUT2D eigenvalue weighted by molar-refractivity contribution is 6.04. The second-order valence-corrected chi connectivity index (χ2v) is 10.1. The predicted octanol–water partition coefficient (Wildman–Crippen LogP) is 3.31. The van der Waals surface area contributed by atoms with Crippen LogP contribution in [0.3, 0.4) is 0 Å². The Balaban J connectivity index is 1.78. The first-order valence-electron chi connectivity index (χ1n) is 13.4. The summed E-state index contributed by atoms with van der Waals surface area (Å²) in [5.41, 5.74) is 10.9. The zero-order valence-electron chi connectivity index (χ0n) is 22.9. The Hall–Kier alpha value is -4.99. The van der Waals surface area contributed by atoms with Crippen LogP contribution in [0.1, 0.15) is 48.5 Å².